The highest BCUT2D eigenvalue weighted by molar-refractivity contribution is 5.92. The van der Waals surface area contributed by atoms with Crippen LogP contribution >= 0.6 is 0 Å². The number of benzene rings is 2. The van der Waals surface area contributed by atoms with Crippen LogP contribution in [0.25, 0.3) is 6.08 Å². The van der Waals surface area contributed by atoms with Gasteiger partial charge in [0.15, 0.2) is 0 Å². The maximum atomic E-state index is 13.5. The van der Waals surface area contributed by atoms with Crippen LogP contribution in [-0.2, 0) is 4.79 Å². The molecule has 1 saturated carbocycles. The summed E-state index contributed by atoms with van der Waals surface area (Å²) >= 11 is 0. The first-order chi connectivity index (χ1) is 16.9. The van der Waals surface area contributed by atoms with Gasteiger partial charge in [-0.1, -0.05) is 63.1 Å². The number of hydrogen-bond acceptors (Lipinski definition) is 3. The number of piperidine rings is 1. The highest BCUT2D eigenvalue weighted by Gasteiger charge is 2.49. The molecule has 1 heterocycles. The SMILES string of the molecule is CCN(CC)c1ccc([C@@H]2[C@H]3CCCC[C@@]3(O)CCN2C(=O)/C=C/c2ccc(C(C)C)cc2)cc1. The van der Waals surface area contributed by atoms with E-state index in [-0.39, 0.29) is 17.9 Å². The predicted molar refractivity (Wildman–Crippen MR) is 146 cm³/mol. The van der Waals surface area contributed by atoms with Gasteiger partial charge in [-0.05, 0) is 73.9 Å². The second kappa shape index (κ2) is 11.0. The number of fused-ring (bicyclic) bond motifs is 1. The molecule has 1 amide bonds. The Hall–Kier alpha value is -2.59. The van der Waals surface area contributed by atoms with E-state index in [1.165, 1.54) is 11.3 Å². The molecule has 2 aromatic carbocycles. The van der Waals surface area contributed by atoms with E-state index in [4.69, 9.17) is 0 Å². The zero-order chi connectivity index (χ0) is 25.0. The van der Waals surface area contributed by atoms with E-state index < -0.39 is 5.60 Å². The maximum absolute atomic E-state index is 13.5. The third kappa shape index (κ3) is 5.48. The molecule has 2 aromatic rings. The molecular weight excluding hydrogens is 432 g/mol. The number of aliphatic hydroxyl groups is 1. The van der Waals surface area contributed by atoms with E-state index in [0.717, 1.165) is 49.9 Å². The predicted octanol–water partition coefficient (Wildman–Crippen LogP) is 6.56. The molecule has 4 heteroatoms. The smallest absolute Gasteiger partial charge is 0.247 e. The van der Waals surface area contributed by atoms with E-state index in [0.29, 0.717) is 18.9 Å². The molecule has 4 nitrogen and oxygen atoms in total. The quantitative estimate of drug-likeness (QED) is 0.462. The third-order valence-corrected chi connectivity index (χ3v) is 8.24. The van der Waals surface area contributed by atoms with Crippen LogP contribution in [0.1, 0.15) is 88.4 Å². The maximum Gasteiger partial charge on any atom is 0.247 e. The van der Waals surface area contributed by atoms with Gasteiger partial charge in [0.05, 0.1) is 11.6 Å². The molecule has 188 valence electrons. The third-order valence-electron chi connectivity index (χ3n) is 8.24. The minimum absolute atomic E-state index is 0.0309. The van der Waals surface area contributed by atoms with E-state index >= 15 is 0 Å². The van der Waals surface area contributed by atoms with Crippen molar-refractivity contribution < 1.29 is 9.90 Å². The van der Waals surface area contributed by atoms with Crippen molar-refractivity contribution in [2.75, 3.05) is 24.5 Å². The summed E-state index contributed by atoms with van der Waals surface area (Å²) in [7, 11) is 0. The summed E-state index contributed by atoms with van der Waals surface area (Å²) in [5.74, 6) is 0.599. The Morgan fingerprint density at radius 3 is 2.37 bits per heavy atom. The molecule has 35 heavy (non-hydrogen) atoms. The van der Waals surface area contributed by atoms with E-state index in [9.17, 15) is 9.90 Å². The summed E-state index contributed by atoms with van der Waals surface area (Å²) in [6.45, 7) is 11.2. The van der Waals surface area contributed by atoms with Gasteiger partial charge in [-0.3, -0.25) is 4.79 Å². The average molecular weight is 475 g/mol. The molecule has 4 rings (SSSR count). The van der Waals surface area contributed by atoms with Gasteiger partial charge in [0, 0.05) is 37.3 Å². The molecule has 1 aliphatic carbocycles. The van der Waals surface area contributed by atoms with Crippen molar-refractivity contribution in [1.82, 2.24) is 4.90 Å². The van der Waals surface area contributed by atoms with Gasteiger partial charge in [-0.25, -0.2) is 0 Å². The molecule has 2 aliphatic rings. The van der Waals surface area contributed by atoms with Crippen LogP contribution in [0, 0.1) is 5.92 Å². The van der Waals surface area contributed by atoms with Gasteiger partial charge >= 0.3 is 0 Å². The lowest BCUT2D eigenvalue weighted by molar-refractivity contribution is -0.150. The molecule has 0 radical (unpaired) electrons. The summed E-state index contributed by atoms with van der Waals surface area (Å²) in [6, 6.07) is 17.0. The van der Waals surface area contributed by atoms with E-state index in [2.05, 4.69) is 81.1 Å². The standard InChI is InChI=1S/C31H42N2O2/c1-5-32(6-2)27-17-15-26(16-18-27)30-28-9-7-8-20-31(28,35)21-22-33(30)29(34)19-12-24-10-13-25(14-11-24)23(3)4/h10-19,23,28,30,35H,5-9,20-22H2,1-4H3/b19-12+/t28-,30-,31-/m1/s1. The Bertz CT molecular complexity index is 1010. The minimum atomic E-state index is -0.673. The van der Waals surface area contributed by atoms with Crippen LogP contribution in [0.5, 0.6) is 0 Å². The van der Waals surface area contributed by atoms with Gasteiger partial charge in [-0.2, -0.15) is 0 Å². The fraction of sp³-hybridized carbons (Fsp3) is 0.516. The number of carbonyl (C=O) groups is 1. The van der Waals surface area contributed by atoms with Crippen molar-refractivity contribution in [3.8, 4) is 0 Å². The Morgan fingerprint density at radius 2 is 1.74 bits per heavy atom. The molecule has 0 bridgehead atoms. The average Bonchev–Trinajstić information content (AvgIpc) is 2.87. The van der Waals surface area contributed by atoms with E-state index in [1.807, 2.05) is 11.0 Å². The lowest BCUT2D eigenvalue weighted by atomic mass is 9.66. The summed E-state index contributed by atoms with van der Waals surface area (Å²) in [5, 5.41) is 11.6. The topological polar surface area (TPSA) is 43.8 Å². The number of likely N-dealkylation sites (tertiary alicyclic amines) is 1. The van der Waals surface area contributed by atoms with Crippen molar-refractivity contribution in [3.05, 3.63) is 71.3 Å². The van der Waals surface area contributed by atoms with Crippen molar-refractivity contribution >= 4 is 17.7 Å². The molecule has 3 atom stereocenters. The fourth-order valence-corrected chi connectivity index (χ4v) is 6.07. The molecule has 1 saturated heterocycles. The van der Waals surface area contributed by atoms with Crippen molar-refractivity contribution in [2.24, 2.45) is 5.92 Å². The van der Waals surface area contributed by atoms with Gasteiger partial charge in [-0.15, -0.1) is 0 Å². The summed E-state index contributed by atoms with van der Waals surface area (Å²) in [5.41, 5.74) is 4.00. The Kier molecular flexibility index (Phi) is 8.01. The zero-order valence-electron chi connectivity index (χ0n) is 21.9. The Balaban J connectivity index is 1.61. The number of carbonyl (C=O) groups excluding carboxylic acids is 1. The molecule has 2 fully saturated rings. The number of amides is 1. The first kappa shape index (κ1) is 25.5. The number of nitrogens with zero attached hydrogens (tertiary/aromatic N) is 2. The zero-order valence-corrected chi connectivity index (χ0v) is 21.9. The van der Waals surface area contributed by atoms with Gasteiger partial charge in [0.1, 0.15) is 0 Å². The first-order valence-electron chi connectivity index (χ1n) is 13.5. The fourth-order valence-electron chi connectivity index (χ4n) is 6.07. The van der Waals surface area contributed by atoms with Crippen molar-refractivity contribution in [3.63, 3.8) is 0 Å². The molecule has 0 unspecified atom stereocenters. The van der Waals surface area contributed by atoms with Crippen LogP contribution in [-0.4, -0.2) is 41.1 Å². The molecule has 0 spiro atoms. The summed E-state index contributed by atoms with van der Waals surface area (Å²) in [6.07, 6.45) is 8.29. The highest BCUT2D eigenvalue weighted by Crippen LogP contribution is 2.49. The van der Waals surface area contributed by atoms with Crippen LogP contribution in [0.15, 0.2) is 54.6 Å². The van der Waals surface area contributed by atoms with Crippen LogP contribution in [0.3, 0.4) is 0 Å². The van der Waals surface area contributed by atoms with Gasteiger partial charge in [0.2, 0.25) is 5.91 Å². The summed E-state index contributed by atoms with van der Waals surface area (Å²) in [4.78, 5) is 17.9. The van der Waals surface area contributed by atoms with Crippen LogP contribution in [0.4, 0.5) is 5.69 Å². The molecule has 1 aliphatic heterocycles. The summed E-state index contributed by atoms with van der Waals surface area (Å²) < 4.78 is 0. The molecule has 1 N–H and O–H groups in total. The van der Waals surface area contributed by atoms with Crippen LogP contribution < -0.4 is 4.90 Å². The second-order valence-electron chi connectivity index (χ2n) is 10.6. The van der Waals surface area contributed by atoms with Crippen molar-refractivity contribution in [1.29, 1.82) is 0 Å². The highest BCUT2D eigenvalue weighted by atomic mass is 16.3. The molecular formula is C31H42N2O2. The monoisotopic (exact) mass is 474 g/mol. The minimum Gasteiger partial charge on any atom is -0.389 e. The lowest BCUT2D eigenvalue weighted by Gasteiger charge is -2.52. The van der Waals surface area contributed by atoms with E-state index in [1.54, 1.807) is 6.08 Å². The van der Waals surface area contributed by atoms with Gasteiger partial charge < -0.3 is 14.9 Å². The number of rotatable bonds is 7. The lowest BCUT2D eigenvalue weighted by Crippen LogP contribution is -2.56. The van der Waals surface area contributed by atoms with Crippen molar-refractivity contribution in [2.45, 2.75) is 77.4 Å². The first-order valence-corrected chi connectivity index (χ1v) is 13.5. The van der Waals surface area contributed by atoms with Crippen LogP contribution in [0.2, 0.25) is 0 Å². The molecule has 0 aromatic heterocycles. The Morgan fingerprint density at radius 1 is 1.06 bits per heavy atom. The normalized spacial score (nSPS) is 24.6. The number of hydrogen-bond donors (Lipinski definition) is 1. The second-order valence-corrected chi connectivity index (χ2v) is 10.6. The largest absolute Gasteiger partial charge is 0.389 e. The van der Waals surface area contributed by atoms with Gasteiger partial charge in [0.25, 0.3) is 0 Å². The Labute approximate surface area is 211 Å². The number of anilines is 1.